The lowest BCUT2D eigenvalue weighted by Crippen LogP contribution is -2.29. The highest BCUT2D eigenvalue weighted by Crippen LogP contribution is 2.12. The quantitative estimate of drug-likeness (QED) is 0.841. The molecular weight excluding hydrogens is 223 g/mol. The lowest BCUT2D eigenvalue weighted by Gasteiger charge is -2.21. The standard InChI is InChI=1S/C8H14N4.2ClH/c1-3-9-4-2-8(1)5-12-7-10-6-11-12;;/h6-9H,1-5H2;2*1H. The highest BCUT2D eigenvalue weighted by Gasteiger charge is 2.13. The molecular formula is C8H16Cl2N4. The zero-order valence-corrected chi connectivity index (χ0v) is 9.56. The highest BCUT2D eigenvalue weighted by atomic mass is 35.5. The van der Waals surface area contributed by atoms with E-state index in [4.69, 9.17) is 0 Å². The molecule has 0 bridgehead atoms. The first-order valence-electron chi connectivity index (χ1n) is 4.48. The van der Waals surface area contributed by atoms with Crippen molar-refractivity contribution in [3.63, 3.8) is 0 Å². The zero-order valence-electron chi connectivity index (χ0n) is 7.93. The van der Waals surface area contributed by atoms with Gasteiger partial charge in [0.25, 0.3) is 0 Å². The van der Waals surface area contributed by atoms with Crippen molar-refractivity contribution in [2.75, 3.05) is 13.1 Å². The molecule has 1 saturated heterocycles. The first-order valence-corrected chi connectivity index (χ1v) is 4.48. The third kappa shape index (κ3) is 3.82. The summed E-state index contributed by atoms with van der Waals surface area (Å²) in [6, 6.07) is 0. The Kier molecular flexibility index (Phi) is 6.87. The second-order valence-electron chi connectivity index (χ2n) is 3.31. The first-order chi connectivity index (χ1) is 5.95. The molecule has 0 amide bonds. The van der Waals surface area contributed by atoms with Crippen LogP contribution >= 0.6 is 24.8 Å². The van der Waals surface area contributed by atoms with Crippen LogP contribution in [0.3, 0.4) is 0 Å². The van der Waals surface area contributed by atoms with Gasteiger partial charge in [0.1, 0.15) is 12.7 Å². The molecule has 4 nitrogen and oxygen atoms in total. The van der Waals surface area contributed by atoms with Gasteiger partial charge in [0.15, 0.2) is 0 Å². The SMILES string of the molecule is Cl.Cl.c1ncn(CC2CCNCC2)n1. The van der Waals surface area contributed by atoms with Crippen molar-refractivity contribution in [3.05, 3.63) is 12.7 Å². The summed E-state index contributed by atoms with van der Waals surface area (Å²) in [5.41, 5.74) is 0. The Morgan fingerprint density at radius 2 is 2.00 bits per heavy atom. The number of hydrogen-bond donors (Lipinski definition) is 1. The molecule has 2 rings (SSSR count). The third-order valence-corrected chi connectivity index (χ3v) is 2.37. The van der Waals surface area contributed by atoms with E-state index in [1.165, 1.54) is 12.8 Å². The molecule has 0 spiro atoms. The fraction of sp³-hybridized carbons (Fsp3) is 0.750. The summed E-state index contributed by atoms with van der Waals surface area (Å²) in [6.07, 6.45) is 5.92. The van der Waals surface area contributed by atoms with Crippen molar-refractivity contribution >= 4 is 24.8 Å². The van der Waals surface area contributed by atoms with Crippen LogP contribution < -0.4 is 5.32 Å². The molecule has 1 aromatic rings. The van der Waals surface area contributed by atoms with E-state index < -0.39 is 0 Å². The predicted molar refractivity (Wildman–Crippen MR) is 60.1 cm³/mol. The van der Waals surface area contributed by atoms with Gasteiger partial charge < -0.3 is 5.32 Å². The van der Waals surface area contributed by atoms with E-state index in [1.54, 1.807) is 12.7 Å². The highest BCUT2D eigenvalue weighted by molar-refractivity contribution is 5.85. The summed E-state index contributed by atoms with van der Waals surface area (Å²) in [6.45, 7) is 3.33. The summed E-state index contributed by atoms with van der Waals surface area (Å²) < 4.78 is 1.93. The average Bonchev–Trinajstić information content (AvgIpc) is 2.59. The normalized spacial score (nSPS) is 16.9. The van der Waals surface area contributed by atoms with Gasteiger partial charge in [0, 0.05) is 6.54 Å². The number of hydrogen-bond acceptors (Lipinski definition) is 3. The zero-order chi connectivity index (χ0) is 8.23. The molecule has 1 aliphatic heterocycles. The minimum absolute atomic E-state index is 0. The van der Waals surface area contributed by atoms with E-state index in [1.807, 2.05) is 4.68 Å². The summed E-state index contributed by atoms with van der Waals surface area (Å²) in [5, 5.41) is 7.44. The molecule has 0 radical (unpaired) electrons. The van der Waals surface area contributed by atoms with Crippen LogP contribution in [0.1, 0.15) is 12.8 Å². The summed E-state index contributed by atoms with van der Waals surface area (Å²) in [4.78, 5) is 3.92. The van der Waals surface area contributed by atoms with Crippen LogP contribution in [-0.2, 0) is 6.54 Å². The fourth-order valence-electron chi connectivity index (χ4n) is 1.66. The molecule has 0 atom stereocenters. The van der Waals surface area contributed by atoms with Crippen molar-refractivity contribution in [1.82, 2.24) is 20.1 Å². The second kappa shape index (κ2) is 7.04. The van der Waals surface area contributed by atoms with Crippen LogP contribution in [0.25, 0.3) is 0 Å². The number of nitrogens with one attached hydrogen (secondary N) is 1. The van der Waals surface area contributed by atoms with E-state index in [-0.39, 0.29) is 24.8 Å². The van der Waals surface area contributed by atoms with Crippen LogP contribution in [0.2, 0.25) is 0 Å². The van der Waals surface area contributed by atoms with E-state index in [9.17, 15) is 0 Å². The van der Waals surface area contributed by atoms with Gasteiger partial charge in [0.2, 0.25) is 0 Å². The Morgan fingerprint density at radius 3 is 2.57 bits per heavy atom. The number of nitrogens with zero attached hydrogens (tertiary/aromatic N) is 3. The lowest BCUT2D eigenvalue weighted by atomic mass is 9.98. The van der Waals surface area contributed by atoms with Crippen LogP contribution in [-0.4, -0.2) is 27.9 Å². The van der Waals surface area contributed by atoms with Gasteiger partial charge >= 0.3 is 0 Å². The Hall–Kier alpha value is -0.320. The van der Waals surface area contributed by atoms with Crippen molar-refractivity contribution in [3.8, 4) is 0 Å². The monoisotopic (exact) mass is 238 g/mol. The van der Waals surface area contributed by atoms with Crippen LogP contribution in [0.4, 0.5) is 0 Å². The molecule has 1 aliphatic rings. The molecule has 1 N–H and O–H groups in total. The summed E-state index contributed by atoms with van der Waals surface area (Å²) in [7, 11) is 0. The number of halogens is 2. The van der Waals surface area contributed by atoms with Crippen LogP contribution in [0.15, 0.2) is 12.7 Å². The van der Waals surface area contributed by atoms with Crippen LogP contribution in [0, 0.1) is 5.92 Å². The van der Waals surface area contributed by atoms with Gasteiger partial charge in [-0.2, -0.15) is 5.10 Å². The average molecular weight is 239 g/mol. The van der Waals surface area contributed by atoms with Gasteiger partial charge in [-0.15, -0.1) is 24.8 Å². The van der Waals surface area contributed by atoms with E-state index in [0.717, 1.165) is 25.6 Å². The molecule has 6 heteroatoms. The summed E-state index contributed by atoms with van der Waals surface area (Å²) >= 11 is 0. The molecule has 1 aromatic heterocycles. The van der Waals surface area contributed by atoms with Gasteiger partial charge in [-0.25, -0.2) is 4.98 Å². The van der Waals surface area contributed by atoms with Crippen molar-refractivity contribution in [1.29, 1.82) is 0 Å². The van der Waals surface area contributed by atoms with E-state index in [0.29, 0.717) is 0 Å². The van der Waals surface area contributed by atoms with Crippen molar-refractivity contribution < 1.29 is 0 Å². The maximum atomic E-state index is 4.10. The molecule has 82 valence electrons. The second-order valence-corrected chi connectivity index (χ2v) is 3.31. The van der Waals surface area contributed by atoms with Crippen molar-refractivity contribution in [2.45, 2.75) is 19.4 Å². The smallest absolute Gasteiger partial charge is 0.137 e. The molecule has 14 heavy (non-hydrogen) atoms. The fourth-order valence-corrected chi connectivity index (χ4v) is 1.66. The molecule has 0 aromatic carbocycles. The minimum Gasteiger partial charge on any atom is -0.317 e. The summed E-state index contributed by atoms with van der Waals surface area (Å²) in [5.74, 6) is 0.785. The molecule has 2 heterocycles. The van der Waals surface area contributed by atoms with Gasteiger partial charge in [-0.05, 0) is 31.8 Å². The Labute approximate surface area is 96.3 Å². The first kappa shape index (κ1) is 13.7. The molecule has 0 unspecified atom stereocenters. The Bertz CT molecular complexity index is 221. The molecule has 0 aliphatic carbocycles. The minimum atomic E-state index is 0. The predicted octanol–water partition coefficient (Wildman–Crippen LogP) is 1.12. The largest absolute Gasteiger partial charge is 0.317 e. The van der Waals surface area contributed by atoms with Crippen LogP contribution in [0.5, 0.6) is 0 Å². The van der Waals surface area contributed by atoms with Crippen molar-refractivity contribution in [2.24, 2.45) is 5.92 Å². The molecule has 1 fully saturated rings. The number of aromatic nitrogens is 3. The van der Waals surface area contributed by atoms with Gasteiger partial charge in [-0.3, -0.25) is 4.68 Å². The maximum Gasteiger partial charge on any atom is 0.137 e. The van der Waals surface area contributed by atoms with E-state index >= 15 is 0 Å². The third-order valence-electron chi connectivity index (χ3n) is 2.37. The lowest BCUT2D eigenvalue weighted by molar-refractivity contribution is 0.321. The Morgan fingerprint density at radius 1 is 1.29 bits per heavy atom. The number of rotatable bonds is 2. The molecule has 0 saturated carbocycles. The number of piperidine rings is 1. The van der Waals surface area contributed by atoms with Gasteiger partial charge in [-0.1, -0.05) is 0 Å². The van der Waals surface area contributed by atoms with E-state index in [2.05, 4.69) is 15.4 Å². The Balaban J connectivity index is 0.000000845. The van der Waals surface area contributed by atoms with Gasteiger partial charge in [0.05, 0.1) is 0 Å². The topological polar surface area (TPSA) is 42.7 Å². The maximum absolute atomic E-state index is 4.10.